The van der Waals surface area contributed by atoms with E-state index in [-0.39, 0.29) is 17.8 Å². The minimum Gasteiger partial charge on any atom is -0.459 e. The first kappa shape index (κ1) is 16.3. The van der Waals surface area contributed by atoms with Crippen LogP contribution in [0.5, 0.6) is 0 Å². The van der Waals surface area contributed by atoms with Crippen molar-refractivity contribution >= 4 is 27.8 Å². The highest BCUT2D eigenvalue weighted by molar-refractivity contribution is 5.98. The van der Waals surface area contributed by atoms with E-state index in [1.165, 1.54) is 12.1 Å². The van der Waals surface area contributed by atoms with E-state index in [1.54, 1.807) is 19.1 Å². The van der Waals surface area contributed by atoms with Crippen molar-refractivity contribution in [2.75, 3.05) is 0 Å². The molecule has 26 heavy (non-hydrogen) atoms. The maximum atomic E-state index is 13.3. The molecule has 0 spiro atoms. The fourth-order valence-electron chi connectivity index (χ4n) is 3.03. The van der Waals surface area contributed by atoms with Crippen molar-refractivity contribution in [3.05, 3.63) is 77.4 Å². The Balaban J connectivity index is 1.62. The topological polar surface area (TPSA) is 55.1 Å². The lowest BCUT2D eigenvalue weighted by atomic mass is 10.1. The number of rotatable bonds is 3. The third-order valence-corrected chi connectivity index (χ3v) is 4.43. The molecule has 2 aromatic heterocycles. The minimum absolute atomic E-state index is 0.241. The van der Waals surface area contributed by atoms with Gasteiger partial charge in [0.2, 0.25) is 0 Å². The van der Waals surface area contributed by atoms with Crippen LogP contribution in [0.25, 0.3) is 21.9 Å². The van der Waals surface area contributed by atoms with Gasteiger partial charge in [-0.05, 0) is 44.2 Å². The van der Waals surface area contributed by atoms with E-state index in [0.717, 1.165) is 16.4 Å². The number of amides is 1. The number of benzene rings is 2. The summed E-state index contributed by atoms with van der Waals surface area (Å²) >= 11 is 0. The van der Waals surface area contributed by atoms with Crippen molar-refractivity contribution in [1.82, 2.24) is 10.3 Å². The molecule has 4 rings (SSSR count). The van der Waals surface area contributed by atoms with Gasteiger partial charge in [-0.1, -0.05) is 18.2 Å². The lowest BCUT2D eigenvalue weighted by Gasteiger charge is -2.13. The predicted molar refractivity (Wildman–Crippen MR) is 98.5 cm³/mol. The highest BCUT2D eigenvalue weighted by atomic mass is 19.1. The number of para-hydroxylation sites is 1. The third-order valence-electron chi connectivity index (χ3n) is 4.43. The van der Waals surface area contributed by atoms with Crippen molar-refractivity contribution in [1.29, 1.82) is 0 Å². The Hall–Kier alpha value is -3.21. The molecule has 4 nitrogen and oxygen atoms in total. The molecule has 0 aliphatic rings. The molecule has 0 aliphatic carbocycles. The summed E-state index contributed by atoms with van der Waals surface area (Å²) in [4.78, 5) is 17.1. The Morgan fingerprint density at radius 3 is 2.73 bits per heavy atom. The molecule has 130 valence electrons. The van der Waals surface area contributed by atoms with E-state index in [2.05, 4.69) is 10.3 Å². The number of pyridine rings is 1. The van der Waals surface area contributed by atoms with Crippen LogP contribution in [0.2, 0.25) is 0 Å². The fourth-order valence-corrected chi connectivity index (χ4v) is 3.03. The van der Waals surface area contributed by atoms with Crippen LogP contribution in [0, 0.1) is 12.7 Å². The summed E-state index contributed by atoms with van der Waals surface area (Å²) in [7, 11) is 0. The minimum atomic E-state index is -0.347. The number of nitrogens with one attached hydrogen (secondary N) is 1. The van der Waals surface area contributed by atoms with Crippen LogP contribution in [0.4, 0.5) is 4.39 Å². The van der Waals surface area contributed by atoms with Gasteiger partial charge in [-0.2, -0.15) is 0 Å². The highest BCUT2D eigenvalue weighted by Crippen LogP contribution is 2.24. The fraction of sp³-hybridized carbons (Fsp3) is 0.143. The van der Waals surface area contributed by atoms with Gasteiger partial charge in [-0.15, -0.1) is 0 Å². The van der Waals surface area contributed by atoms with E-state index in [4.69, 9.17) is 4.42 Å². The number of halogens is 1. The Morgan fingerprint density at radius 2 is 1.92 bits per heavy atom. The molecule has 1 amide bonds. The van der Waals surface area contributed by atoms with Gasteiger partial charge in [0.25, 0.3) is 5.91 Å². The van der Waals surface area contributed by atoms with Crippen LogP contribution >= 0.6 is 0 Å². The van der Waals surface area contributed by atoms with Gasteiger partial charge in [0.15, 0.2) is 0 Å². The Kier molecular flexibility index (Phi) is 3.92. The van der Waals surface area contributed by atoms with E-state index < -0.39 is 0 Å². The van der Waals surface area contributed by atoms with Crippen LogP contribution in [0.15, 0.2) is 59.0 Å². The maximum absolute atomic E-state index is 13.3. The molecule has 0 saturated heterocycles. The second-order valence-electron chi connectivity index (χ2n) is 6.34. The molecule has 0 fully saturated rings. The first-order valence-electron chi connectivity index (χ1n) is 8.37. The van der Waals surface area contributed by atoms with Gasteiger partial charge in [-0.3, -0.25) is 9.78 Å². The molecule has 2 heterocycles. The standard InChI is InChI=1S/C21H17FN2O2/c1-12-17(9-14-7-8-16(22)11-18(14)23-12)21(25)24-13(2)20-10-15-5-3-4-6-19(15)26-20/h3-11,13H,1-2H3,(H,24,25). The third kappa shape index (κ3) is 2.92. The molecular weight excluding hydrogens is 331 g/mol. The van der Waals surface area contributed by atoms with Gasteiger partial charge >= 0.3 is 0 Å². The molecule has 0 bridgehead atoms. The monoisotopic (exact) mass is 348 g/mol. The second kappa shape index (κ2) is 6.26. The number of aryl methyl sites for hydroxylation is 1. The molecule has 2 aromatic carbocycles. The number of aromatic nitrogens is 1. The largest absolute Gasteiger partial charge is 0.459 e. The summed E-state index contributed by atoms with van der Waals surface area (Å²) in [5.41, 5.74) is 2.34. The van der Waals surface area contributed by atoms with E-state index in [0.29, 0.717) is 22.5 Å². The van der Waals surface area contributed by atoms with Crippen molar-refractivity contribution in [2.45, 2.75) is 19.9 Å². The Bertz CT molecular complexity index is 1100. The molecule has 0 aliphatic heterocycles. The van der Waals surface area contributed by atoms with Crippen LogP contribution < -0.4 is 5.32 Å². The van der Waals surface area contributed by atoms with Gasteiger partial charge < -0.3 is 9.73 Å². The number of carbonyl (C=O) groups excluding carboxylic acids is 1. The molecule has 5 heteroatoms. The van der Waals surface area contributed by atoms with Crippen molar-refractivity contribution in [2.24, 2.45) is 0 Å². The summed E-state index contributed by atoms with van der Waals surface area (Å²) < 4.78 is 19.2. The first-order valence-corrected chi connectivity index (χ1v) is 8.37. The SMILES string of the molecule is Cc1nc2cc(F)ccc2cc1C(=O)NC(C)c1cc2ccccc2o1. The number of hydrogen-bond acceptors (Lipinski definition) is 3. The molecule has 0 saturated carbocycles. The Morgan fingerprint density at radius 1 is 1.12 bits per heavy atom. The lowest BCUT2D eigenvalue weighted by molar-refractivity contribution is 0.0935. The number of nitrogens with zero attached hydrogens (tertiary/aromatic N) is 1. The zero-order valence-electron chi connectivity index (χ0n) is 14.4. The second-order valence-corrected chi connectivity index (χ2v) is 6.34. The zero-order chi connectivity index (χ0) is 18.3. The normalized spacial score (nSPS) is 12.4. The van der Waals surface area contributed by atoms with E-state index in [1.807, 2.05) is 37.3 Å². The lowest BCUT2D eigenvalue weighted by Crippen LogP contribution is -2.27. The van der Waals surface area contributed by atoms with Gasteiger partial charge in [0.05, 0.1) is 22.8 Å². The maximum Gasteiger partial charge on any atom is 0.253 e. The molecule has 4 aromatic rings. The van der Waals surface area contributed by atoms with Crippen LogP contribution in [-0.4, -0.2) is 10.9 Å². The smallest absolute Gasteiger partial charge is 0.253 e. The first-order chi connectivity index (χ1) is 12.5. The molecule has 1 atom stereocenters. The van der Waals surface area contributed by atoms with Crippen LogP contribution in [0.3, 0.4) is 0 Å². The number of carbonyl (C=O) groups is 1. The summed E-state index contributed by atoms with van der Waals surface area (Å²) in [5.74, 6) is 0.0994. The molecule has 1 N–H and O–H groups in total. The van der Waals surface area contributed by atoms with Gasteiger partial charge in [0, 0.05) is 16.8 Å². The molecular formula is C21H17FN2O2. The van der Waals surface area contributed by atoms with Crippen LogP contribution in [0.1, 0.15) is 34.8 Å². The number of fused-ring (bicyclic) bond motifs is 2. The van der Waals surface area contributed by atoms with Gasteiger partial charge in [-0.25, -0.2) is 4.39 Å². The van der Waals surface area contributed by atoms with Crippen molar-refractivity contribution < 1.29 is 13.6 Å². The summed E-state index contributed by atoms with van der Waals surface area (Å²) in [5, 5.41) is 4.66. The highest BCUT2D eigenvalue weighted by Gasteiger charge is 2.18. The van der Waals surface area contributed by atoms with Gasteiger partial charge in [0.1, 0.15) is 17.2 Å². The van der Waals surface area contributed by atoms with Crippen LogP contribution in [-0.2, 0) is 0 Å². The zero-order valence-corrected chi connectivity index (χ0v) is 14.4. The van der Waals surface area contributed by atoms with Crippen molar-refractivity contribution in [3.8, 4) is 0 Å². The molecule has 0 radical (unpaired) electrons. The number of furan rings is 1. The summed E-state index contributed by atoms with van der Waals surface area (Å²) in [6, 6.07) is 15.4. The number of hydrogen-bond donors (Lipinski definition) is 1. The summed E-state index contributed by atoms with van der Waals surface area (Å²) in [6.07, 6.45) is 0. The van der Waals surface area contributed by atoms with E-state index in [9.17, 15) is 9.18 Å². The molecule has 1 unspecified atom stereocenters. The predicted octanol–water partition coefficient (Wildman–Crippen LogP) is 4.92. The van der Waals surface area contributed by atoms with Crippen molar-refractivity contribution in [3.63, 3.8) is 0 Å². The quantitative estimate of drug-likeness (QED) is 0.572. The Labute approximate surface area is 149 Å². The average Bonchev–Trinajstić information content (AvgIpc) is 3.05. The summed E-state index contributed by atoms with van der Waals surface area (Å²) in [6.45, 7) is 3.61. The van der Waals surface area contributed by atoms with E-state index >= 15 is 0 Å². The average molecular weight is 348 g/mol.